The maximum atomic E-state index is 12.7. The van der Waals surface area contributed by atoms with Gasteiger partial charge >= 0.3 is 5.97 Å². The number of hydrogen-bond donors (Lipinski definition) is 1. The minimum Gasteiger partial charge on any atom is -0.451 e. The highest BCUT2D eigenvalue weighted by Crippen LogP contribution is 2.25. The number of ether oxygens (including phenoxy) is 1. The van der Waals surface area contributed by atoms with E-state index >= 15 is 0 Å². The molecular weight excluding hydrogens is 362 g/mol. The summed E-state index contributed by atoms with van der Waals surface area (Å²) in [5.41, 5.74) is 1.69. The molecule has 1 atom stereocenters. The molecule has 0 aliphatic heterocycles. The van der Waals surface area contributed by atoms with E-state index in [1.165, 1.54) is 18.7 Å². The number of Topliss-reactive ketones (excluding diaryl/α,β-unsaturated/α-hetero) is 2. The normalized spacial score (nSPS) is 11.9. The van der Waals surface area contributed by atoms with Gasteiger partial charge in [0.15, 0.2) is 6.10 Å². The predicted molar refractivity (Wildman–Crippen MR) is 105 cm³/mol. The van der Waals surface area contributed by atoms with Crippen LogP contribution in [0.25, 0.3) is 10.9 Å². The van der Waals surface area contributed by atoms with Gasteiger partial charge in [-0.3, -0.25) is 9.59 Å². The highest BCUT2D eigenvalue weighted by Gasteiger charge is 2.24. The zero-order chi connectivity index (χ0) is 19.4. The molecule has 27 heavy (non-hydrogen) atoms. The first-order chi connectivity index (χ1) is 13.0. The summed E-state index contributed by atoms with van der Waals surface area (Å²) in [4.78, 5) is 40.2. The van der Waals surface area contributed by atoms with E-state index in [0.717, 1.165) is 10.9 Å². The summed E-state index contributed by atoms with van der Waals surface area (Å²) in [6, 6.07) is 14.4. The fraction of sp³-hybridized carbons (Fsp3) is 0.190. The van der Waals surface area contributed by atoms with Crippen molar-refractivity contribution in [3.63, 3.8) is 0 Å². The first-order valence-electron chi connectivity index (χ1n) is 8.50. The Hall–Kier alpha value is -2.86. The Bertz CT molecular complexity index is 1010. The van der Waals surface area contributed by atoms with Crippen molar-refractivity contribution in [3.8, 4) is 0 Å². The van der Waals surface area contributed by atoms with Crippen molar-refractivity contribution < 1.29 is 19.1 Å². The van der Waals surface area contributed by atoms with E-state index in [2.05, 4.69) is 4.98 Å². The van der Waals surface area contributed by atoms with Gasteiger partial charge in [-0.15, -0.1) is 11.8 Å². The number of H-pyrrole nitrogens is 1. The van der Waals surface area contributed by atoms with Gasteiger partial charge in [-0.1, -0.05) is 30.3 Å². The van der Waals surface area contributed by atoms with Crippen LogP contribution in [0.1, 0.15) is 34.6 Å². The number of hydrogen-bond acceptors (Lipinski definition) is 5. The van der Waals surface area contributed by atoms with E-state index in [0.29, 0.717) is 16.0 Å². The fourth-order valence-electron chi connectivity index (χ4n) is 2.71. The van der Waals surface area contributed by atoms with Gasteiger partial charge in [-0.25, -0.2) is 4.79 Å². The number of ketones is 2. The van der Waals surface area contributed by atoms with Gasteiger partial charge in [0.25, 0.3) is 0 Å². The SMILES string of the molecule is CC(=O)CSc1ccccc1C(=O)O[C@H](C)C(=O)c1c[nH]c2ccccc12. The minimum absolute atomic E-state index is 0.0195. The summed E-state index contributed by atoms with van der Waals surface area (Å²) >= 11 is 1.28. The molecule has 3 aromatic rings. The lowest BCUT2D eigenvalue weighted by atomic mass is 10.1. The van der Waals surface area contributed by atoms with Crippen molar-refractivity contribution in [2.75, 3.05) is 5.75 Å². The molecule has 5 nitrogen and oxygen atoms in total. The van der Waals surface area contributed by atoms with Crippen molar-refractivity contribution in [1.29, 1.82) is 0 Å². The van der Waals surface area contributed by atoms with Crippen molar-refractivity contribution in [1.82, 2.24) is 4.98 Å². The van der Waals surface area contributed by atoms with Crippen molar-refractivity contribution >= 4 is 40.2 Å². The number of para-hydroxylation sites is 1. The third-order valence-electron chi connectivity index (χ3n) is 4.05. The summed E-state index contributed by atoms with van der Waals surface area (Å²) in [5, 5.41) is 0.794. The molecule has 0 aliphatic carbocycles. The Kier molecular flexibility index (Phi) is 5.76. The lowest BCUT2D eigenvalue weighted by Crippen LogP contribution is -2.24. The van der Waals surface area contributed by atoms with Crippen LogP contribution in [0.2, 0.25) is 0 Å². The van der Waals surface area contributed by atoms with Crippen LogP contribution >= 0.6 is 11.8 Å². The quantitative estimate of drug-likeness (QED) is 0.376. The molecule has 6 heteroatoms. The van der Waals surface area contributed by atoms with Crippen LogP contribution in [0.4, 0.5) is 0 Å². The average molecular weight is 381 g/mol. The van der Waals surface area contributed by atoms with Crippen LogP contribution in [-0.2, 0) is 9.53 Å². The van der Waals surface area contributed by atoms with Crippen LogP contribution in [0.5, 0.6) is 0 Å². The van der Waals surface area contributed by atoms with Gasteiger partial charge in [0, 0.05) is 27.6 Å². The molecule has 2 aromatic carbocycles. The standard InChI is InChI=1S/C21H19NO4S/c1-13(23)12-27-19-10-6-4-8-16(19)21(25)26-14(2)20(24)17-11-22-18-9-5-3-7-15(17)18/h3-11,14,22H,12H2,1-2H3/t14-/m1/s1. The maximum absolute atomic E-state index is 12.7. The molecule has 1 aromatic heterocycles. The number of nitrogens with one attached hydrogen (secondary N) is 1. The first-order valence-corrected chi connectivity index (χ1v) is 9.48. The first kappa shape index (κ1) is 18.9. The second-order valence-corrected chi connectivity index (χ2v) is 7.16. The summed E-state index contributed by atoms with van der Waals surface area (Å²) in [6.07, 6.45) is 0.705. The molecule has 138 valence electrons. The molecular formula is C21H19NO4S. The number of aromatic amines is 1. The van der Waals surface area contributed by atoms with Crippen LogP contribution < -0.4 is 0 Å². The average Bonchev–Trinajstić information content (AvgIpc) is 3.10. The minimum atomic E-state index is -0.928. The Morgan fingerprint density at radius 2 is 1.74 bits per heavy atom. The third kappa shape index (κ3) is 4.28. The van der Waals surface area contributed by atoms with Gasteiger partial charge in [0.2, 0.25) is 5.78 Å². The van der Waals surface area contributed by atoms with Crippen LogP contribution in [0.15, 0.2) is 59.6 Å². The molecule has 0 spiro atoms. The molecule has 1 N–H and O–H groups in total. The van der Waals surface area contributed by atoms with Crippen molar-refractivity contribution in [2.45, 2.75) is 24.8 Å². The highest BCUT2D eigenvalue weighted by atomic mass is 32.2. The maximum Gasteiger partial charge on any atom is 0.339 e. The third-order valence-corrected chi connectivity index (χ3v) is 5.26. The lowest BCUT2D eigenvalue weighted by molar-refractivity contribution is -0.114. The number of carbonyl (C=O) groups excluding carboxylic acids is 3. The summed E-state index contributed by atoms with van der Waals surface area (Å²) in [5.74, 6) is -0.559. The van der Waals surface area contributed by atoms with Crippen molar-refractivity contribution in [3.05, 3.63) is 65.9 Å². The number of benzene rings is 2. The largest absolute Gasteiger partial charge is 0.451 e. The second-order valence-electron chi connectivity index (χ2n) is 6.15. The highest BCUT2D eigenvalue weighted by molar-refractivity contribution is 8.00. The molecule has 0 aliphatic rings. The van der Waals surface area contributed by atoms with Crippen LogP contribution in [0.3, 0.4) is 0 Å². The van der Waals surface area contributed by atoms with E-state index in [-0.39, 0.29) is 17.3 Å². The molecule has 0 fully saturated rings. The topological polar surface area (TPSA) is 76.2 Å². The van der Waals surface area contributed by atoms with Crippen LogP contribution in [0, 0.1) is 0 Å². The Labute approximate surface area is 161 Å². The van der Waals surface area contributed by atoms with E-state index in [1.54, 1.807) is 37.4 Å². The Balaban J connectivity index is 1.76. The van der Waals surface area contributed by atoms with E-state index in [4.69, 9.17) is 4.74 Å². The smallest absolute Gasteiger partial charge is 0.339 e. The van der Waals surface area contributed by atoms with Crippen molar-refractivity contribution in [2.24, 2.45) is 0 Å². The number of rotatable bonds is 7. The zero-order valence-corrected chi connectivity index (χ0v) is 15.8. The Morgan fingerprint density at radius 3 is 2.52 bits per heavy atom. The molecule has 0 amide bonds. The molecule has 0 radical (unpaired) electrons. The van der Waals surface area contributed by atoms with Crippen LogP contribution in [-0.4, -0.2) is 34.4 Å². The van der Waals surface area contributed by atoms with Gasteiger partial charge in [-0.05, 0) is 32.0 Å². The van der Waals surface area contributed by atoms with E-state index in [1.807, 2.05) is 24.3 Å². The lowest BCUT2D eigenvalue weighted by Gasteiger charge is -2.13. The molecule has 3 rings (SSSR count). The number of esters is 1. The second kappa shape index (κ2) is 8.22. The van der Waals surface area contributed by atoms with Gasteiger partial charge in [0.1, 0.15) is 5.78 Å². The van der Waals surface area contributed by atoms with Gasteiger partial charge in [0.05, 0.1) is 11.3 Å². The molecule has 0 bridgehead atoms. The van der Waals surface area contributed by atoms with Gasteiger partial charge < -0.3 is 9.72 Å². The number of aromatic nitrogens is 1. The molecule has 0 saturated heterocycles. The summed E-state index contributed by atoms with van der Waals surface area (Å²) in [6.45, 7) is 3.06. The van der Waals surface area contributed by atoms with E-state index in [9.17, 15) is 14.4 Å². The number of thioether (sulfide) groups is 1. The van der Waals surface area contributed by atoms with E-state index < -0.39 is 12.1 Å². The monoisotopic (exact) mass is 381 g/mol. The van der Waals surface area contributed by atoms with Gasteiger partial charge in [-0.2, -0.15) is 0 Å². The number of carbonyl (C=O) groups is 3. The molecule has 0 saturated carbocycles. The molecule has 0 unspecified atom stereocenters. The zero-order valence-electron chi connectivity index (χ0n) is 15.0. The number of fused-ring (bicyclic) bond motifs is 1. The Morgan fingerprint density at radius 1 is 1.04 bits per heavy atom. The fourth-order valence-corrected chi connectivity index (χ4v) is 3.55. The molecule has 1 heterocycles. The summed E-state index contributed by atoms with van der Waals surface area (Å²) < 4.78 is 5.42. The summed E-state index contributed by atoms with van der Waals surface area (Å²) in [7, 11) is 0. The predicted octanol–water partition coefficient (Wildman–Crippen LogP) is 4.28.